The summed E-state index contributed by atoms with van der Waals surface area (Å²) in [4.78, 5) is 17.3. The Morgan fingerprint density at radius 2 is 1.67 bits per heavy atom. The van der Waals surface area contributed by atoms with Crippen LogP contribution in [0.3, 0.4) is 0 Å². The number of carbonyl (C=O) groups excluding carboxylic acids is 1. The summed E-state index contributed by atoms with van der Waals surface area (Å²) in [6, 6.07) is 11.5. The first kappa shape index (κ1) is 28.5. The molecule has 39 heavy (non-hydrogen) atoms. The van der Waals surface area contributed by atoms with Crippen molar-refractivity contribution in [2.75, 3.05) is 26.3 Å². The second-order valence-corrected chi connectivity index (χ2v) is 9.45. The van der Waals surface area contributed by atoms with Crippen molar-refractivity contribution >= 4 is 23.7 Å². The zero-order chi connectivity index (χ0) is 28.0. The fourth-order valence-electron chi connectivity index (χ4n) is 3.88. The lowest BCUT2D eigenvalue weighted by Crippen LogP contribution is -2.39. The highest BCUT2D eigenvalue weighted by Crippen LogP contribution is 2.49. The third-order valence-corrected chi connectivity index (χ3v) is 6.80. The van der Waals surface area contributed by atoms with E-state index in [4.69, 9.17) is 9.47 Å². The number of nitrogens with zero attached hydrogens (tertiary/aromatic N) is 2. The van der Waals surface area contributed by atoms with Gasteiger partial charge in [-0.3, -0.25) is 9.78 Å². The van der Waals surface area contributed by atoms with E-state index in [9.17, 15) is 31.1 Å². The third-order valence-electron chi connectivity index (χ3n) is 5.68. The standard InChI is InChI=1S/C27H22F6N2O3S/c28-26(29,30)24-19(8-10-23(36)35-12-14-37-15-13-35)7-9-22(25(24)27(31,32)33)39-21-6-2-1-5-20(21)38-17-18-4-3-11-34-16-18/h1-11,16H,12-15,17H2. The lowest BCUT2D eigenvalue weighted by molar-refractivity contribution is -0.163. The molecule has 1 aliphatic heterocycles. The Hall–Kier alpha value is -3.51. The van der Waals surface area contributed by atoms with Crippen molar-refractivity contribution in [2.24, 2.45) is 0 Å². The van der Waals surface area contributed by atoms with Gasteiger partial charge >= 0.3 is 12.4 Å². The fourth-order valence-corrected chi connectivity index (χ4v) is 4.94. The number of ether oxygens (including phenoxy) is 2. The summed E-state index contributed by atoms with van der Waals surface area (Å²) in [6.45, 7) is 1.07. The first-order valence-electron chi connectivity index (χ1n) is 11.7. The predicted octanol–water partition coefficient (Wildman–Crippen LogP) is 6.72. The summed E-state index contributed by atoms with van der Waals surface area (Å²) in [5.41, 5.74) is -3.75. The van der Waals surface area contributed by atoms with Gasteiger partial charge in [-0.1, -0.05) is 36.0 Å². The maximum Gasteiger partial charge on any atom is 0.418 e. The molecule has 0 spiro atoms. The minimum absolute atomic E-state index is 0.0618. The average Bonchev–Trinajstić information content (AvgIpc) is 2.91. The van der Waals surface area contributed by atoms with Crippen LogP contribution in [0.15, 0.2) is 76.8 Å². The highest BCUT2D eigenvalue weighted by molar-refractivity contribution is 7.99. The monoisotopic (exact) mass is 568 g/mol. The van der Waals surface area contributed by atoms with E-state index in [0.717, 1.165) is 24.3 Å². The average molecular weight is 569 g/mol. The minimum Gasteiger partial charge on any atom is -0.488 e. The highest BCUT2D eigenvalue weighted by Gasteiger charge is 2.46. The molecule has 1 aromatic heterocycles. The molecule has 206 valence electrons. The van der Waals surface area contributed by atoms with Gasteiger partial charge in [0.25, 0.3) is 0 Å². The zero-order valence-corrected chi connectivity index (χ0v) is 21.1. The van der Waals surface area contributed by atoms with Crippen molar-refractivity contribution in [2.45, 2.75) is 28.8 Å². The fraction of sp³-hybridized carbons (Fsp3) is 0.259. The molecule has 0 saturated carbocycles. The molecule has 0 N–H and O–H groups in total. The zero-order valence-electron chi connectivity index (χ0n) is 20.3. The molecule has 3 aromatic rings. The molecule has 1 aliphatic rings. The van der Waals surface area contributed by atoms with E-state index in [0.29, 0.717) is 17.3 Å². The van der Waals surface area contributed by atoms with Crippen LogP contribution >= 0.6 is 11.8 Å². The van der Waals surface area contributed by atoms with Crippen LogP contribution in [0.25, 0.3) is 6.08 Å². The van der Waals surface area contributed by atoms with Crippen LogP contribution in [0.2, 0.25) is 0 Å². The maximum atomic E-state index is 14.2. The molecular formula is C27H22F6N2O3S. The molecule has 4 rings (SSSR count). The van der Waals surface area contributed by atoms with Gasteiger partial charge in [-0.2, -0.15) is 26.3 Å². The van der Waals surface area contributed by atoms with Gasteiger partial charge in [-0.25, -0.2) is 0 Å². The van der Waals surface area contributed by atoms with Gasteiger partial charge in [0.05, 0.1) is 29.2 Å². The number of halogens is 6. The Labute approximate surface area is 224 Å². The van der Waals surface area contributed by atoms with Crippen molar-refractivity contribution in [3.05, 3.63) is 89.3 Å². The van der Waals surface area contributed by atoms with E-state index in [-0.39, 0.29) is 43.6 Å². The quantitative estimate of drug-likeness (QED) is 0.234. The summed E-state index contributed by atoms with van der Waals surface area (Å²) >= 11 is 0.515. The van der Waals surface area contributed by atoms with Crippen molar-refractivity contribution in [3.8, 4) is 5.75 Å². The Morgan fingerprint density at radius 1 is 0.949 bits per heavy atom. The third kappa shape index (κ3) is 7.33. The normalized spacial score (nSPS) is 14.6. The Bertz CT molecular complexity index is 1320. The first-order valence-corrected chi connectivity index (χ1v) is 12.5. The summed E-state index contributed by atoms with van der Waals surface area (Å²) in [5, 5.41) is 0. The lowest BCUT2D eigenvalue weighted by atomic mass is 9.99. The number of pyridine rings is 1. The number of hydrogen-bond acceptors (Lipinski definition) is 5. The molecule has 0 unspecified atom stereocenters. The van der Waals surface area contributed by atoms with Gasteiger partial charge in [0.15, 0.2) is 0 Å². The van der Waals surface area contributed by atoms with Crippen molar-refractivity contribution in [3.63, 3.8) is 0 Å². The molecule has 0 aliphatic carbocycles. The number of hydrogen-bond donors (Lipinski definition) is 0. The van der Waals surface area contributed by atoms with Gasteiger partial charge in [0.2, 0.25) is 5.91 Å². The molecule has 0 radical (unpaired) electrons. The van der Waals surface area contributed by atoms with E-state index in [1.54, 1.807) is 36.7 Å². The summed E-state index contributed by atoms with van der Waals surface area (Å²) in [5.74, 6) is -0.411. The largest absolute Gasteiger partial charge is 0.488 e. The van der Waals surface area contributed by atoms with E-state index in [1.165, 1.54) is 17.0 Å². The van der Waals surface area contributed by atoms with Crippen molar-refractivity contribution in [1.29, 1.82) is 0 Å². The van der Waals surface area contributed by atoms with Gasteiger partial charge in [0, 0.05) is 42.0 Å². The second-order valence-electron chi connectivity index (χ2n) is 8.37. The van der Waals surface area contributed by atoms with Crippen LogP contribution in [-0.2, 0) is 28.5 Å². The molecule has 2 heterocycles. The van der Waals surface area contributed by atoms with E-state index in [2.05, 4.69) is 4.98 Å². The molecule has 12 heteroatoms. The smallest absolute Gasteiger partial charge is 0.418 e. The second kappa shape index (κ2) is 12.1. The number of amides is 1. The van der Waals surface area contributed by atoms with Gasteiger partial charge in [-0.05, 0) is 35.9 Å². The molecule has 2 aromatic carbocycles. The maximum absolute atomic E-state index is 14.2. The number of para-hydroxylation sites is 1. The van der Waals surface area contributed by atoms with Gasteiger partial charge in [-0.15, -0.1) is 0 Å². The Morgan fingerprint density at radius 3 is 2.33 bits per heavy atom. The number of rotatable bonds is 7. The van der Waals surface area contributed by atoms with Gasteiger partial charge < -0.3 is 14.4 Å². The molecular weight excluding hydrogens is 546 g/mol. The van der Waals surface area contributed by atoms with Crippen LogP contribution in [-0.4, -0.2) is 42.1 Å². The number of carbonyl (C=O) groups is 1. The summed E-state index contributed by atoms with van der Waals surface area (Å²) < 4.78 is 95.9. The lowest BCUT2D eigenvalue weighted by Gasteiger charge is -2.25. The van der Waals surface area contributed by atoms with E-state index < -0.39 is 39.8 Å². The van der Waals surface area contributed by atoms with Gasteiger partial charge in [0.1, 0.15) is 12.4 Å². The number of benzene rings is 2. The first-order chi connectivity index (χ1) is 18.5. The molecule has 5 nitrogen and oxygen atoms in total. The molecule has 1 saturated heterocycles. The van der Waals surface area contributed by atoms with E-state index >= 15 is 0 Å². The predicted molar refractivity (Wildman–Crippen MR) is 132 cm³/mol. The SMILES string of the molecule is O=C(C=Cc1ccc(Sc2ccccc2OCc2cccnc2)c(C(F)(F)F)c1C(F)(F)F)N1CCOCC1. The minimum atomic E-state index is -5.35. The summed E-state index contributed by atoms with van der Waals surface area (Å²) in [7, 11) is 0. The molecule has 0 atom stereocenters. The van der Waals surface area contributed by atoms with Crippen molar-refractivity contribution in [1.82, 2.24) is 9.88 Å². The molecule has 0 bridgehead atoms. The van der Waals surface area contributed by atoms with Crippen molar-refractivity contribution < 1.29 is 40.6 Å². The van der Waals surface area contributed by atoms with Crippen LogP contribution in [0.5, 0.6) is 5.75 Å². The van der Waals surface area contributed by atoms with E-state index in [1.807, 2.05) is 0 Å². The Kier molecular flexibility index (Phi) is 8.86. The number of alkyl halides is 6. The Balaban J connectivity index is 1.70. The van der Waals surface area contributed by atoms with Crippen LogP contribution in [0, 0.1) is 0 Å². The van der Waals surface area contributed by atoms with Crippen LogP contribution < -0.4 is 4.74 Å². The topological polar surface area (TPSA) is 51.7 Å². The highest BCUT2D eigenvalue weighted by atomic mass is 32.2. The van der Waals surface area contributed by atoms with Crippen LogP contribution in [0.4, 0.5) is 26.3 Å². The number of aromatic nitrogens is 1. The van der Waals surface area contributed by atoms with Crippen LogP contribution in [0.1, 0.15) is 22.3 Å². The molecule has 1 amide bonds. The molecule has 1 fully saturated rings. The summed E-state index contributed by atoms with van der Waals surface area (Å²) in [6.07, 6.45) is -5.93. The number of morpholine rings is 1.